The van der Waals surface area contributed by atoms with Gasteiger partial charge in [-0.05, 0) is 42.5 Å². The number of aromatic nitrogens is 4. The zero-order chi connectivity index (χ0) is 13.7. The molecule has 2 N–H and O–H groups in total. The molecule has 106 valence electrons. The van der Waals surface area contributed by atoms with E-state index < -0.39 is 5.97 Å². The van der Waals surface area contributed by atoms with E-state index >= 15 is 0 Å². The van der Waals surface area contributed by atoms with Crippen molar-refractivity contribution >= 4 is 5.97 Å². The number of carbonyl (C=O) groups is 1. The Morgan fingerprint density at radius 1 is 1.42 bits per heavy atom. The third-order valence-corrected chi connectivity index (χ3v) is 3.67. The summed E-state index contributed by atoms with van der Waals surface area (Å²) in [5, 5.41) is 24.0. The molecule has 1 fully saturated rings. The molecule has 1 heterocycles. The van der Waals surface area contributed by atoms with Gasteiger partial charge in [-0.3, -0.25) is 4.79 Å². The van der Waals surface area contributed by atoms with E-state index in [-0.39, 0.29) is 5.92 Å². The van der Waals surface area contributed by atoms with Crippen molar-refractivity contribution in [1.29, 1.82) is 0 Å². The second-order valence-corrected chi connectivity index (χ2v) is 5.09. The first-order valence-corrected chi connectivity index (χ1v) is 6.92. The molecule has 1 aliphatic carbocycles. The number of carboxylic acid groups (broad SMARTS) is 1. The van der Waals surface area contributed by atoms with Crippen molar-refractivity contribution in [2.75, 3.05) is 0 Å². The standard InChI is InChI=1S/C12H21N5O2/c1-2-7-17-11(14-15-16-17)8-13-10-5-3-9(4-6-10)12(18)19/h9-10,13H,2-8H2,1H3,(H,18,19). The van der Waals surface area contributed by atoms with Gasteiger partial charge in [-0.25, -0.2) is 4.68 Å². The fourth-order valence-electron chi connectivity index (χ4n) is 2.52. The second-order valence-electron chi connectivity index (χ2n) is 5.09. The van der Waals surface area contributed by atoms with Gasteiger partial charge in [-0.1, -0.05) is 6.92 Å². The molecule has 7 heteroatoms. The molecule has 0 aromatic carbocycles. The third kappa shape index (κ3) is 3.73. The van der Waals surface area contributed by atoms with Crippen LogP contribution in [0.1, 0.15) is 44.9 Å². The molecule has 19 heavy (non-hydrogen) atoms. The molecule has 1 aromatic rings. The Labute approximate surface area is 112 Å². The number of aryl methyl sites for hydroxylation is 1. The van der Waals surface area contributed by atoms with Crippen LogP contribution in [0.4, 0.5) is 0 Å². The van der Waals surface area contributed by atoms with E-state index in [0.717, 1.165) is 44.5 Å². The lowest BCUT2D eigenvalue weighted by molar-refractivity contribution is -0.142. The Kier molecular flexibility index (Phi) is 4.84. The van der Waals surface area contributed by atoms with Crippen molar-refractivity contribution in [3.63, 3.8) is 0 Å². The highest BCUT2D eigenvalue weighted by molar-refractivity contribution is 5.70. The molecule has 0 amide bonds. The zero-order valence-corrected chi connectivity index (χ0v) is 11.2. The van der Waals surface area contributed by atoms with Gasteiger partial charge in [0, 0.05) is 12.6 Å². The van der Waals surface area contributed by atoms with Gasteiger partial charge in [0.25, 0.3) is 0 Å². The Morgan fingerprint density at radius 3 is 2.79 bits per heavy atom. The van der Waals surface area contributed by atoms with Crippen LogP contribution in [-0.2, 0) is 17.9 Å². The lowest BCUT2D eigenvalue weighted by atomic mass is 9.86. The maximum Gasteiger partial charge on any atom is 0.306 e. The number of rotatable bonds is 6. The highest BCUT2D eigenvalue weighted by atomic mass is 16.4. The van der Waals surface area contributed by atoms with Crippen molar-refractivity contribution in [2.24, 2.45) is 5.92 Å². The average molecular weight is 267 g/mol. The first-order chi connectivity index (χ1) is 9.20. The second kappa shape index (κ2) is 6.60. The smallest absolute Gasteiger partial charge is 0.306 e. The summed E-state index contributed by atoms with van der Waals surface area (Å²) in [5.74, 6) is 0.0241. The predicted molar refractivity (Wildman–Crippen MR) is 68.3 cm³/mol. The summed E-state index contributed by atoms with van der Waals surface area (Å²) >= 11 is 0. The summed E-state index contributed by atoms with van der Waals surface area (Å²) in [4.78, 5) is 10.9. The third-order valence-electron chi connectivity index (χ3n) is 3.67. The van der Waals surface area contributed by atoms with Crippen LogP contribution in [0.5, 0.6) is 0 Å². The minimum absolute atomic E-state index is 0.163. The van der Waals surface area contributed by atoms with Crippen molar-refractivity contribution in [3.05, 3.63) is 5.82 Å². The zero-order valence-electron chi connectivity index (χ0n) is 11.2. The molecule has 0 unspecified atom stereocenters. The number of aliphatic carboxylic acids is 1. The van der Waals surface area contributed by atoms with Crippen LogP contribution < -0.4 is 5.32 Å². The van der Waals surface area contributed by atoms with Crippen LogP contribution in [0.3, 0.4) is 0 Å². The van der Waals surface area contributed by atoms with Gasteiger partial charge < -0.3 is 10.4 Å². The monoisotopic (exact) mass is 267 g/mol. The van der Waals surface area contributed by atoms with Gasteiger partial charge in [-0.2, -0.15) is 0 Å². The SMILES string of the molecule is CCCn1nnnc1CNC1CCC(C(=O)O)CC1. The van der Waals surface area contributed by atoms with Crippen molar-refractivity contribution in [1.82, 2.24) is 25.5 Å². The summed E-state index contributed by atoms with van der Waals surface area (Å²) in [5.41, 5.74) is 0. The summed E-state index contributed by atoms with van der Waals surface area (Å²) < 4.78 is 1.82. The number of carboxylic acids is 1. The van der Waals surface area contributed by atoms with Gasteiger partial charge >= 0.3 is 5.97 Å². The minimum Gasteiger partial charge on any atom is -0.481 e. The first kappa shape index (κ1) is 13.9. The number of hydrogen-bond donors (Lipinski definition) is 2. The van der Waals surface area contributed by atoms with Gasteiger partial charge in [0.15, 0.2) is 5.82 Å². The van der Waals surface area contributed by atoms with Crippen LogP contribution >= 0.6 is 0 Å². The number of tetrazole rings is 1. The highest BCUT2D eigenvalue weighted by Gasteiger charge is 2.25. The Bertz CT molecular complexity index is 412. The average Bonchev–Trinajstić information content (AvgIpc) is 2.85. The summed E-state index contributed by atoms with van der Waals surface area (Å²) in [6.07, 6.45) is 4.33. The summed E-state index contributed by atoms with van der Waals surface area (Å²) in [7, 11) is 0. The van der Waals surface area contributed by atoms with Crippen LogP contribution in [0.15, 0.2) is 0 Å². The fourth-order valence-corrected chi connectivity index (χ4v) is 2.52. The topological polar surface area (TPSA) is 92.9 Å². The van der Waals surface area contributed by atoms with Crippen LogP contribution in [0.25, 0.3) is 0 Å². The Hall–Kier alpha value is -1.50. The summed E-state index contributed by atoms with van der Waals surface area (Å²) in [6.45, 7) is 3.57. The molecule has 0 atom stereocenters. The molecule has 7 nitrogen and oxygen atoms in total. The first-order valence-electron chi connectivity index (χ1n) is 6.92. The molecule has 1 saturated carbocycles. The molecule has 1 aliphatic rings. The molecule has 0 saturated heterocycles. The molecule has 0 spiro atoms. The van der Waals surface area contributed by atoms with E-state index in [0.29, 0.717) is 12.6 Å². The molecular formula is C12H21N5O2. The fraction of sp³-hybridized carbons (Fsp3) is 0.833. The molecule has 0 bridgehead atoms. The number of nitrogens with one attached hydrogen (secondary N) is 1. The van der Waals surface area contributed by atoms with Crippen LogP contribution in [-0.4, -0.2) is 37.3 Å². The number of hydrogen-bond acceptors (Lipinski definition) is 5. The molecule has 1 aromatic heterocycles. The van der Waals surface area contributed by atoms with E-state index in [9.17, 15) is 4.79 Å². The van der Waals surface area contributed by atoms with E-state index in [4.69, 9.17) is 5.11 Å². The predicted octanol–water partition coefficient (Wildman–Crippen LogP) is 0.816. The maximum atomic E-state index is 10.9. The minimum atomic E-state index is -0.662. The van der Waals surface area contributed by atoms with Crippen LogP contribution in [0.2, 0.25) is 0 Å². The normalized spacial score (nSPS) is 23.4. The van der Waals surface area contributed by atoms with Gasteiger partial charge in [0.05, 0.1) is 12.5 Å². The Balaban J connectivity index is 1.77. The lowest BCUT2D eigenvalue weighted by Crippen LogP contribution is -2.35. The number of nitrogens with zero attached hydrogens (tertiary/aromatic N) is 4. The van der Waals surface area contributed by atoms with Gasteiger partial charge in [0.1, 0.15) is 0 Å². The Morgan fingerprint density at radius 2 is 2.16 bits per heavy atom. The van der Waals surface area contributed by atoms with E-state index in [1.54, 1.807) is 0 Å². The maximum absolute atomic E-state index is 10.9. The van der Waals surface area contributed by atoms with E-state index in [2.05, 4.69) is 27.8 Å². The molecule has 0 radical (unpaired) electrons. The van der Waals surface area contributed by atoms with Crippen molar-refractivity contribution in [2.45, 2.75) is 58.2 Å². The van der Waals surface area contributed by atoms with E-state index in [1.807, 2.05) is 4.68 Å². The largest absolute Gasteiger partial charge is 0.481 e. The lowest BCUT2D eigenvalue weighted by Gasteiger charge is -2.26. The molecule has 0 aliphatic heterocycles. The van der Waals surface area contributed by atoms with Crippen molar-refractivity contribution < 1.29 is 9.90 Å². The van der Waals surface area contributed by atoms with E-state index in [1.165, 1.54) is 0 Å². The van der Waals surface area contributed by atoms with Gasteiger partial charge in [0.2, 0.25) is 0 Å². The van der Waals surface area contributed by atoms with Gasteiger partial charge in [-0.15, -0.1) is 5.10 Å². The van der Waals surface area contributed by atoms with Crippen LogP contribution in [0, 0.1) is 5.92 Å². The molecular weight excluding hydrogens is 246 g/mol. The highest BCUT2D eigenvalue weighted by Crippen LogP contribution is 2.24. The van der Waals surface area contributed by atoms with Crippen molar-refractivity contribution in [3.8, 4) is 0 Å². The quantitative estimate of drug-likeness (QED) is 0.792. The molecule has 2 rings (SSSR count). The summed E-state index contributed by atoms with van der Waals surface area (Å²) in [6, 6.07) is 0.377.